The molecule has 158 valence electrons. The molecule has 1 aliphatic rings. The van der Waals surface area contributed by atoms with Crippen molar-refractivity contribution in [1.82, 2.24) is 4.90 Å². The van der Waals surface area contributed by atoms with Crippen molar-refractivity contribution in [3.05, 3.63) is 60.6 Å². The molecule has 3 heterocycles. The molecule has 4 aromatic rings. The Morgan fingerprint density at radius 1 is 1.10 bits per heavy atom. The van der Waals surface area contributed by atoms with Crippen LogP contribution in [0.1, 0.15) is 23.4 Å². The summed E-state index contributed by atoms with van der Waals surface area (Å²) >= 11 is 0. The van der Waals surface area contributed by atoms with Crippen LogP contribution in [0.2, 0.25) is 0 Å². The highest BCUT2D eigenvalue weighted by Crippen LogP contribution is 2.36. The molecule has 7 heteroatoms. The van der Waals surface area contributed by atoms with Crippen molar-refractivity contribution >= 4 is 39.4 Å². The van der Waals surface area contributed by atoms with Gasteiger partial charge in [-0.25, -0.2) is 0 Å². The Balaban J connectivity index is 1.38. The van der Waals surface area contributed by atoms with Crippen molar-refractivity contribution in [3.63, 3.8) is 0 Å². The van der Waals surface area contributed by atoms with E-state index in [2.05, 4.69) is 5.32 Å². The van der Waals surface area contributed by atoms with E-state index in [0.29, 0.717) is 36.5 Å². The first-order valence-corrected chi connectivity index (χ1v) is 10.3. The minimum Gasteiger partial charge on any atom is -0.495 e. The predicted octanol–water partition coefficient (Wildman–Crippen LogP) is 4.68. The molecular formula is C24H22N2O5. The number of nitrogens with zero attached hydrogens (tertiary/aromatic N) is 1. The van der Waals surface area contributed by atoms with Crippen molar-refractivity contribution in [3.8, 4) is 5.75 Å². The first-order chi connectivity index (χ1) is 15.1. The van der Waals surface area contributed by atoms with Crippen LogP contribution in [0, 0.1) is 5.92 Å². The van der Waals surface area contributed by atoms with Gasteiger partial charge in [-0.05, 0) is 37.1 Å². The van der Waals surface area contributed by atoms with Crippen molar-refractivity contribution in [2.75, 3.05) is 25.5 Å². The van der Waals surface area contributed by atoms with Crippen LogP contribution < -0.4 is 10.1 Å². The van der Waals surface area contributed by atoms with Crippen molar-refractivity contribution in [1.29, 1.82) is 0 Å². The number of methoxy groups -OCH3 is 1. The Morgan fingerprint density at radius 3 is 2.77 bits per heavy atom. The SMILES string of the molecule is COc1cc2c(cc1NC(=O)C1CCCN(C(=O)c3ccco3)C1)oc1ccccc12. The molecule has 1 unspecified atom stereocenters. The predicted molar refractivity (Wildman–Crippen MR) is 116 cm³/mol. The molecule has 0 saturated carbocycles. The minimum absolute atomic E-state index is 0.147. The highest BCUT2D eigenvalue weighted by Gasteiger charge is 2.30. The fourth-order valence-electron chi connectivity index (χ4n) is 4.18. The van der Waals surface area contributed by atoms with Gasteiger partial charge in [0.25, 0.3) is 5.91 Å². The number of fused-ring (bicyclic) bond motifs is 3. The van der Waals surface area contributed by atoms with Gasteiger partial charge in [-0.3, -0.25) is 9.59 Å². The molecule has 31 heavy (non-hydrogen) atoms. The van der Waals surface area contributed by atoms with Gasteiger partial charge in [-0.1, -0.05) is 18.2 Å². The van der Waals surface area contributed by atoms with Gasteiger partial charge in [0.1, 0.15) is 16.9 Å². The molecular weight excluding hydrogens is 396 g/mol. The van der Waals surface area contributed by atoms with Crippen molar-refractivity contribution < 1.29 is 23.2 Å². The van der Waals surface area contributed by atoms with Gasteiger partial charge < -0.3 is 23.8 Å². The summed E-state index contributed by atoms with van der Waals surface area (Å²) in [5.74, 6) is 0.197. The fourth-order valence-corrected chi connectivity index (χ4v) is 4.18. The molecule has 0 bridgehead atoms. The molecule has 0 spiro atoms. The number of carbonyl (C=O) groups is 2. The summed E-state index contributed by atoms with van der Waals surface area (Å²) in [7, 11) is 1.57. The van der Waals surface area contributed by atoms with Crippen LogP contribution in [-0.4, -0.2) is 36.9 Å². The van der Waals surface area contributed by atoms with E-state index in [9.17, 15) is 9.59 Å². The molecule has 1 aliphatic heterocycles. The van der Waals surface area contributed by atoms with E-state index in [1.807, 2.05) is 30.3 Å². The molecule has 1 N–H and O–H groups in total. The van der Waals surface area contributed by atoms with Crippen LogP contribution in [0.4, 0.5) is 5.69 Å². The van der Waals surface area contributed by atoms with Crippen LogP contribution in [0.5, 0.6) is 5.75 Å². The number of rotatable bonds is 4. The quantitative estimate of drug-likeness (QED) is 0.520. The Hall–Kier alpha value is -3.74. The monoisotopic (exact) mass is 418 g/mol. The molecule has 7 nitrogen and oxygen atoms in total. The number of furan rings is 2. The molecule has 1 fully saturated rings. The lowest BCUT2D eigenvalue weighted by molar-refractivity contribution is -0.121. The smallest absolute Gasteiger partial charge is 0.289 e. The van der Waals surface area contributed by atoms with Gasteiger partial charge in [0.05, 0.1) is 25.0 Å². The molecule has 0 aliphatic carbocycles. The maximum atomic E-state index is 13.0. The molecule has 1 atom stereocenters. The van der Waals surface area contributed by atoms with Crippen LogP contribution in [0.3, 0.4) is 0 Å². The van der Waals surface area contributed by atoms with E-state index in [1.54, 1.807) is 30.2 Å². The van der Waals surface area contributed by atoms with Gasteiger partial charge in [-0.2, -0.15) is 0 Å². The van der Waals surface area contributed by atoms with Gasteiger partial charge in [0.2, 0.25) is 5.91 Å². The number of benzene rings is 2. The summed E-state index contributed by atoms with van der Waals surface area (Å²) in [5, 5.41) is 4.90. The number of likely N-dealkylation sites (tertiary alicyclic amines) is 1. The summed E-state index contributed by atoms with van der Waals surface area (Å²) in [4.78, 5) is 27.3. The Labute approximate surface area is 178 Å². The second-order valence-electron chi connectivity index (χ2n) is 7.70. The summed E-state index contributed by atoms with van der Waals surface area (Å²) in [6.45, 7) is 0.956. The maximum Gasteiger partial charge on any atom is 0.289 e. The maximum absolute atomic E-state index is 13.0. The zero-order chi connectivity index (χ0) is 21.4. The molecule has 2 amide bonds. The van der Waals surface area contributed by atoms with E-state index in [-0.39, 0.29) is 23.5 Å². The lowest BCUT2D eigenvalue weighted by Gasteiger charge is -2.31. The van der Waals surface area contributed by atoms with E-state index >= 15 is 0 Å². The summed E-state index contributed by atoms with van der Waals surface area (Å²) in [6, 6.07) is 14.8. The molecule has 2 aromatic carbocycles. The number of piperidine rings is 1. The molecule has 5 rings (SSSR count). The number of ether oxygens (including phenoxy) is 1. The summed E-state index contributed by atoms with van der Waals surface area (Å²) in [6.07, 6.45) is 2.94. The zero-order valence-electron chi connectivity index (χ0n) is 17.1. The Kier molecular flexibility index (Phi) is 4.86. The number of para-hydroxylation sites is 1. The number of nitrogens with one attached hydrogen (secondary N) is 1. The minimum atomic E-state index is -0.316. The molecule has 1 saturated heterocycles. The largest absolute Gasteiger partial charge is 0.495 e. The second-order valence-corrected chi connectivity index (χ2v) is 7.70. The Bertz CT molecular complexity index is 1260. The van der Waals surface area contributed by atoms with E-state index in [1.165, 1.54) is 6.26 Å². The van der Waals surface area contributed by atoms with Crippen LogP contribution >= 0.6 is 0 Å². The van der Waals surface area contributed by atoms with Gasteiger partial charge in [-0.15, -0.1) is 0 Å². The highest BCUT2D eigenvalue weighted by atomic mass is 16.5. The number of hydrogen-bond acceptors (Lipinski definition) is 5. The van der Waals surface area contributed by atoms with Crippen LogP contribution in [0.25, 0.3) is 21.9 Å². The van der Waals surface area contributed by atoms with Crippen molar-refractivity contribution in [2.24, 2.45) is 5.92 Å². The zero-order valence-corrected chi connectivity index (χ0v) is 17.1. The third kappa shape index (κ3) is 3.52. The standard InChI is InChI=1S/C24H22N2O5/c1-29-22-12-17-16-7-2-3-8-19(16)31-21(17)13-18(22)25-23(27)15-6-4-10-26(14-15)24(28)20-9-5-11-30-20/h2-3,5,7-9,11-13,15H,4,6,10,14H2,1H3,(H,25,27). The third-order valence-electron chi connectivity index (χ3n) is 5.77. The first kappa shape index (κ1) is 19.2. The lowest BCUT2D eigenvalue weighted by atomic mass is 9.96. The fraction of sp³-hybridized carbons (Fsp3) is 0.250. The van der Waals surface area contributed by atoms with Gasteiger partial charge in [0.15, 0.2) is 5.76 Å². The average Bonchev–Trinajstić information content (AvgIpc) is 3.46. The van der Waals surface area contributed by atoms with E-state index in [4.69, 9.17) is 13.6 Å². The van der Waals surface area contributed by atoms with Crippen LogP contribution in [-0.2, 0) is 4.79 Å². The van der Waals surface area contributed by atoms with Crippen molar-refractivity contribution in [2.45, 2.75) is 12.8 Å². The van der Waals surface area contributed by atoms with E-state index < -0.39 is 0 Å². The Morgan fingerprint density at radius 2 is 1.97 bits per heavy atom. The lowest BCUT2D eigenvalue weighted by Crippen LogP contribution is -2.43. The number of amides is 2. The topological polar surface area (TPSA) is 84.9 Å². The van der Waals surface area contributed by atoms with Crippen LogP contribution in [0.15, 0.2) is 63.6 Å². The van der Waals surface area contributed by atoms with Gasteiger partial charge >= 0.3 is 0 Å². The first-order valence-electron chi connectivity index (χ1n) is 10.3. The highest BCUT2D eigenvalue weighted by molar-refractivity contribution is 6.08. The molecule has 2 aromatic heterocycles. The van der Waals surface area contributed by atoms with E-state index in [0.717, 1.165) is 22.8 Å². The normalized spacial score (nSPS) is 16.5. The average molecular weight is 418 g/mol. The second kappa shape index (κ2) is 7.83. The number of carbonyl (C=O) groups excluding carboxylic acids is 2. The number of hydrogen-bond donors (Lipinski definition) is 1. The third-order valence-corrected chi connectivity index (χ3v) is 5.77. The van der Waals surface area contributed by atoms with Gasteiger partial charge in [0, 0.05) is 29.9 Å². The summed E-state index contributed by atoms with van der Waals surface area (Å²) < 4.78 is 16.7. The number of anilines is 1. The summed E-state index contributed by atoms with van der Waals surface area (Å²) in [5.41, 5.74) is 2.01. The molecule has 0 radical (unpaired) electrons.